The first-order valence-corrected chi connectivity index (χ1v) is 11.6. The van der Waals surface area contributed by atoms with Crippen molar-refractivity contribution < 1.29 is 17.9 Å². The van der Waals surface area contributed by atoms with Crippen molar-refractivity contribution in [3.8, 4) is 5.75 Å². The summed E-state index contributed by atoms with van der Waals surface area (Å²) in [6.07, 6.45) is 3.37. The molecule has 1 atom stereocenters. The zero-order chi connectivity index (χ0) is 20.4. The van der Waals surface area contributed by atoms with Gasteiger partial charge in [-0.25, -0.2) is 8.42 Å². The number of fused-ring (bicyclic) bond motifs is 1. The van der Waals surface area contributed by atoms with Crippen LogP contribution in [0.3, 0.4) is 0 Å². The van der Waals surface area contributed by atoms with Gasteiger partial charge in [0.15, 0.2) is 6.10 Å². The molecule has 1 aliphatic carbocycles. The fraction of sp³-hybridized carbons (Fsp3) is 0.409. The first-order valence-electron chi connectivity index (χ1n) is 10.0. The lowest BCUT2D eigenvalue weighted by Crippen LogP contribution is -2.52. The van der Waals surface area contributed by atoms with Crippen molar-refractivity contribution in [3.05, 3.63) is 60.2 Å². The van der Waals surface area contributed by atoms with Crippen LogP contribution < -0.4 is 9.04 Å². The topological polar surface area (TPSA) is 66.9 Å². The number of hydrogen-bond acceptors (Lipinski definition) is 4. The molecule has 2 aromatic carbocycles. The highest BCUT2D eigenvalue weighted by atomic mass is 32.2. The van der Waals surface area contributed by atoms with Crippen molar-refractivity contribution in [1.82, 2.24) is 4.90 Å². The quantitative estimate of drug-likeness (QED) is 0.754. The van der Waals surface area contributed by atoms with Gasteiger partial charge in [0.2, 0.25) is 10.0 Å². The number of hydrogen-bond donors (Lipinski definition) is 0. The minimum Gasteiger partial charge on any atom is -0.476 e. The lowest BCUT2D eigenvalue weighted by Gasteiger charge is -2.37. The van der Waals surface area contributed by atoms with Gasteiger partial charge in [-0.1, -0.05) is 55.3 Å². The molecule has 1 amide bonds. The van der Waals surface area contributed by atoms with Gasteiger partial charge >= 0.3 is 0 Å². The molecule has 6 nitrogen and oxygen atoms in total. The van der Waals surface area contributed by atoms with Crippen molar-refractivity contribution in [2.24, 2.45) is 0 Å². The smallest absolute Gasteiger partial charge is 0.265 e. The second-order valence-electron chi connectivity index (χ2n) is 7.73. The van der Waals surface area contributed by atoms with Crippen LogP contribution in [0, 0.1) is 0 Å². The highest BCUT2D eigenvalue weighted by molar-refractivity contribution is 7.92. The van der Waals surface area contributed by atoms with E-state index in [2.05, 4.69) is 0 Å². The summed E-state index contributed by atoms with van der Waals surface area (Å²) in [5.74, 6) is 0.140. The highest BCUT2D eigenvalue weighted by Gasteiger charge is 2.39. The zero-order valence-corrected chi connectivity index (χ0v) is 17.3. The van der Waals surface area contributed by atoms with E-state index in [1.807, 2.05) is 18.2 Å². The maximum atomic E-state index is 13.3. The zero-order valence-electron chi connectivity index (χ0n) is 16.5. The SMILES string of the molecule is CN(C(=O)[C@H]1CN(S(=O)(=O)Cc2ccccc2)c2ccccc2O1)C1CCCC1. The highest BCUT2D eigenvalue weighted by Crippen LogP contribution is 2.36. The van der Waals surface area contributed by atoms with Gasteiger partial charge in [0.1, 0.15) is 5.75 Å². The molecule has 0 N–H and O–H groups in total. The largest absolute Gasteiger partial charge is 0.476 e. The molecule has 0 spiro atoms. The summed E-state index contributed by atoms with van der Waals surface area (Å²) < 4.78 is 33.8. The monoisotopic (exact) mass is 414 g/mol. The van der Waals surface area contributed by atoms with Crippen molar-refractivity contribution >= 4 is 21.6 Å². The number of likely N-dealkylation sites (N-methyl/N-ethyl adjacent to an activating group) is 1. The van der Waals surface area contributed by atoms with E-state index in [4.69, 9.17) is 4.74 Å². The molecular weight excluding hydrogens is 388 g/mol. The van der Waals surface area contributed by atoms with E-state index in [9.17, 15) is 13.2 Å². The second kappa shape index (κ2) is 8.06. The van der Waals surface area contributed by atoms with E-state index in [1.54, 1.807) is 48.3 Å². The number of sulfonamides is 1. The molecule has 2 aromatic rings. The van der Waals surface area contributed by atoms with Gasteiger partial charge in [0, 0.05) is 13.1 Å². The fourth-order valence-electron chi connectivity index (χ4n) is 4.16. The Bertz CT molecular complexity index is 971. The Morgan fingerprint density at radius 1 is 1.07 bits per heavy atom. The van der Waals surface area contributed by atoms with Crippen molar-refractivity contribution in [2.75, 3.05) is 17.9 Å². The van der Waals surface area contributed by atoms with Crippen LogP contribution in [0.15, 0.2) is 54.6 Å². The number of anilines is 1. The molecule has 2 aliphatic rings. The van der Waals surface area contributed by atoms with Crippen LogP contribution in [0.2, 0.25) is 0 Å². The Labute approximate surface area is 172 Å². The average Bonchev–Trinajstić information content (AvgIpc) is 3.27. The molecule has 1 heterocycles. The molecular formula is C22H26N2O4S. The fourth-order valence-corrected chi connectivity index (χ4v) is 5.74. The van der Waals surface area contributed by atoms with E-state index in [0.717, 1.165) is 25.7 Å². The van der Waals surface area contributed by atoms with Crippen LogP contribution in [0.1, 0.15) is 31.2 Å². The molecule has 29 heavy (non-hydrogen) atoms. The number of benzene rings is 2. The van der Waals surface area contributed by atoms with E-state index in [-0.39, 0.29) is 24.2 Å². The summed E-state index contributed by atoms with van der Waals surface area (Å²) in [4.78, 5) is 14.8. The Balaban J connectivity index is 1.61. The van der Waals surface area contributed by atoms with E-state index < -0.39 is 16.1 Å². The molecule has 0 aromatic heterocycles. The first-order chi connectivity index (χ1) is 14.0. The maximum absolute atomic E-state index is 13.3. The van der Waals surface area contributed by atoms with Crippen molar-refractivity contribution in [1.29, 1.82) is 0 Å². The van der Waals surface area contributed by atoms with Gasteiger partial charge in [0.05, 0.1) is 18.0 Å². The predicted molar refractivity (Wildman–Crippen MR) is 112 cm³/mol. The lowest BCUT2D eigenvalue weighted by molar-refractivity contribution is -0.139. The minimum absolute atomic E-state index is 0.0118. The number of carbonyl (C=O) groups is 1. The van der Waals surface area contributed by atoms with Gasteiger partial charge in [-0.15, -0.1) is 0 Å². The van der Waals surface area contributed by atoms with Gasteiger partial charge in [-0.05, 0) is 30.5 Å². The Morgan fingerprint density at radius 2 is 1.72 bits per heavy atom. The number of carbonyl (C=O) groups excluding carboxylic acids is 1. The average molecular weight is 415 g/mol. The Morgan fingerprint density at radius 3 is 2.45 bits per heavy atom. The Kier molecular flexibility index (Phi) is 5.50. The standard InChI is InChI=1S/C22H26N2O4S/c1-23(18-11-5-6-12-18)22(25)21-15-24(19-13-7-8-14-20(19)28-21)29(26,27)16-17-9-3-2-4-10-17/h2-4,7-10,13-14,18,21H,5-6,11-12,15-16H2,1H3/t21-/m1/s1. The number of nitrogens with zero attached hydrogens (tertiary/aromatic N) is 2. The summed E-state index contributed by atoms with van der Waals surface area (Å²) >= 11 is 0. The number of amides is 1. The van der Waals surface area contributed by atoms with Gasteiger partial charge < -0.3 is 9.64 Å². The summed E-state index contributed by atoms with van der Waals surface area (Å²) in [5, 5.41) is 0. The van der Waals surface area contributed by atoms with E-state index in [1.165, 1.54) is 4.31 Å². The van der Waals surface area contributed by atoms with Crippen LogP contribution >= 0.6 is 0 Å². The maximum Gasteiger partial charge on any atom is 0.265 e. The summed E-state index contributed by atoms with van der Waals surface area (Å²) in [7, 11) is -1.88. The Hall–Kier alpha value is -2.54. The van der Waals surface area contributed by atoms with Crippen LogP contribution in [0.25, 0.3) is 0 Å². The third kappa shape index (κ3) is 4.10. The molecule has 1 saturated carbocycles. The summed E-state index contributed by atoms with van der Waals surface area (Å²) in [6.45, 7) is -0.0118. The van der Waals surface area contributed by atoms with Gasteiger partial charge in [-0.2, -0.15) is 0 Å². The third-order valence-electron chi connectivity index (χ3n) is 5.76. The van der Waals surface area contributed by atoms with Crippen molar-refractivity contribution in [3.63, 3.8) is 0 Å². The molecule has 0 saturated heterocycles. The molecule has 0 unspecified atom stereocenters. The second-order valence-corrected chi connectivity index (χ2v) is 9.63. The number of rotatable bonds is 5. The molecule has 4 rings (SSSR count). The van der Waals surface area contributed by atoms with E-state index >= 15 is 0 Å². The van der Waals surface area contributed by atoms with E-state index in [0.29, 0.717) is 17.0 Å². The minimum atomic E-state index is -3.68. The molecule has 1 fully saturated rings. The lowest BCUT2D eigenvalue weighted by atomic mass is 10.1. The number of ether oxygens (including phenoxy) is 1. The normalized spacial score (nSPS) is 19.5. The van der Waals surface area contributed by atoms with Crippen LogP contribution in [-0.2, 0) is 20.6 Å². The number of para-hydroxylation sites is 2. The van der Waals surface area contributed by atoms with Gasteiger partial charge in [0.25, 0.3) is 5.91 Å². The molecule has 154 valence electrons. The van der Waals surface area contributed by atoms with Crippen LogP contribution in [0.4, 0.5) is 5.69 Å². The molecule has 0 radical (unpaired) electrons. The molecule has 0 bridgehead atoms. The molecule has 1 aliphatic heterocycles. The van der Waals surface area contributed by atoms with Gasteiger partial charge in [-0.3, -0.25) is 9.10 Å². The van der Waals surface area contributed by atoms with Crippen LogP contribution in [0.5, 0.6) is 5.75 Å². The predicted octanol–water partition coefficient (Wildman–Crippen LogP) is 3.19. The first kappa shape index (κ1) is 19.8. The molecule has 7 heteroatoms. The third-order valence-corrected chi connectivity index (χ3v) is 7.47. The van der Waals surface area contributed by atoms with Crippen LogP contribution in [-0.4, -0.2) is 45.0 Å². The summed E-state index contributed by atoms with van der Waals surface area (Å²) in [5.41, 5.74) is 1.19. The summed E-state index contributed by atoms with van der Waals surface area (Å²) in [6, 6.07) is 16.3. The van der Waals surface area contributed by atoms with Crippen molar-refractivity contribution in [2.45, 2.75) is 43.6 Å².